The molecule has 3 amide bonds. The summed E-state index contributed by atoms with van der Waals surface area (Å²) in [6.07, 6.45) is 3.30. The van der Waals surface area contributed by atoms with Crippen LogP contribution >= 0.6 is 0 Å². The molecule has 1 unspecified atom stereocenters. The van der Waals surface area contributed by atoms with E-state index < -0.39 is 5.54 Å². The van der Waals surface area contributed by atoms with Crippen LogP contribution in [0.15, 0.2) is 0 Å². The monoisotopic (exact) mass is 255 g/mol. The van der Waals surface area contributed by atoms with Gasteiger partial charge in [0.15, 0.2) is 0 Å². The molecule has 2 aliphatic rings. The van der Waals surface area contributed by atoms with Gasteiger partial charge in [-0.15, -0.1) is 0 Å². The van der Waals surface area contributed by atoms with Gasteiger partial charge in [0.05, 0.1) is 0 Å². The van der Waals surface area contributed by atoms with Crippen molar-refractivity contribution in [3.05, 3.63) is 0 Å². The third-order valence-corrected chi connectivity index (χ3v) is 3.61. The number of urea groups is 1. The van der Waals surface area contributed by atoms with E-state index in [1.165, 1.54) is 4.90 Å². The Balaban J connectivity index is 1.92. The maximum Gasteiger partial charge on any atom is 0.325 e. The third-order valence-electron chi connectivity index (χ3n) is 3.61. The molecule has 1 atom stereocenters. The summed E-state index contributed by atoms with van der Waals surface area (Å²) in [7, 11) is 1.65. The van der Waals surface area contributed by atoms with Crippen molar-refractivity contribution >= 4 is 11.9 Å². The van der Waals surface area contributed by atoms with Crippen LogP contribution in [-0.4, -0.2) is 55.7 Å². The molecule has 0 aliphatic carbocycles. The number of imide groups is 1. The molecule has 6 nitrogen and oxygen atoms in total. The van der Waals surface area contributed by atoms with Crippen LogP contribution < -0.4 is 10.6 Å². The van der Waals surface area contributed by atoms with Gasteiger partial charge in [-0.05, 0) is 32.2 Å². The number of rotatable bonds is 5. The van der Waals surface area contributed by atoms with E-state index in [0.717, 1.165) is 32.2 Å². The molecule has 0 saturated carbocycles. The van der Waals surface area contributed by atoms with Gasteiger partial charge in [-0.25, -0.2) is 4.79 Å². The van der Waals surface area contributed by atoms with Gasteiger partial charge in [-0.2, -0.15) is 0 Å². The van der Waals surface area contributed by atoms with Crippen LogP contribution in [0.3, 0.4) is 0 Å². The molecule has 0 aromatic heterocycles. The van der Waals surface area contributed by atoms with Crippen molar-refractivity contribution in [1.29, 1.82) is 0 Å². The van der Waals surface area contributed by atoms with E-state index in [2.05, 4.69) is 10.6 Å². The van der Waals surface area contributed by atoms with E-state index in [9.17, 15) is 9.59 Å². The van der Waals surface area contributed by atoms with Gasteiger partial charge in [-0.1, -0.05) is 0 Å². The maximum atomic E-state index is 12.3. The predicted molar refractivity (Wildman–Crippen MR) is 66.2 cm³/mol. The number of nitrogens with zero attached hydrogens (tertiary/aromatic N) is 1. The van der Waals surface area contributed by atoms with Crippen LogP contribution in [0.25, 0.3) is 0 Å². The van der Waals surface area contributed by atoms with Crippen LogP contribution in [0.4, 0.5) is 4.79 Å². The highest BCUT2D eigenvalue weighted by molar-refractivity contribution is 6.07. The highest BCUT2D eigenvalue weighted by Gasteiger charge is 2.51. The highest BCUT2D eigenvalue weighted by Crippen LogP contribution is 2.25. The molecule has 0 aromatic rings. The molecule has 6 heteroatoms. The zero-order chi connectivity index (χ0) is 13.0. The number of nitrogens with one attached hydrogen (secondary N) is 2. The van der Waals surface area contributed by atoms with Crippen molar-refractivity contribution in [2.24, 2.45) is 0 Å². The zero-order valence-electron chi connectivity index (χ0n) is 10.8. The van der Waals surface area contributed by atoms with Crippen LogP contribution in [0.1, 0.15) is 25.7 Å². The van der Waals surface area contributed by atoms with Gasteiger partial charge < -0.3 is 15.4 Å². The molecule has 2 aliphatic heterocycles. The topological polar surface area (TPSA) is 70.7 Å². The fourth-order valence-electron chi connectivity index (χ4n) is 2.59. The van der Waals surface area contributed by atoms with E-state index in [-0.39, 0.29) is 11.9 Å². The fourth-order valence-corrected chi connectivity index (χ4v) is 2.59. The SMILES string of the molecule is COCCCCN1C(=O)NC2(CCCNC2)C1=O. The number of unbranched alkanes of at least 4 members (excludes halogenated alkanes) is 1. The third kappa shape index (κ3) is 2.49. The van der Waals surface area contributed by atoms with E-state index >= 15 is 0 Å². The number of piperidine rings is 1. The maximum absolute atomic E-state index is 12.3. The van der Waals surface area contributed by atoms with Crippen molar-refractivity contribution in [2.75, 3.05) is 33.4 Å². The molecule has 18 heavy (non-hydrogen) atoms. The Morgan fingerprint density at radius 2 is 2.22 bits per heavy atom. The molecule has 102 valence electrons. The molecule has 2 heterocycles. The Morgan fingerprint density at radius 3 is 2.89 bits per heavy atom. The van der Waals surface area contributed by atoms with E-state index in [1.807, 2.05) is 0 Å². The van der Waals surface area contributed by atoms with Crippen molar-refractivity contribution in [3.63, 3.8) is 0 Å². The molecule has 2 saturated heterocycles. The first-order valence-corrected chi connectivity index (χ1v) is 6.53. The highest BCUT2D eigenvalue weighted by atomic mass is 16.5. The molecule has 2 N–H and O–H groups in total. The summed E-state index contributed by atoms with van der Waals surface area (Å²) in [5, 5.41) is 6.04. The number of hydrogen-bond acceptors (Lipinski definition) is 4. The summed E-state index contributed by atoms with van der Waals surface area (Å²) in [5.41, 5.74) is -0.684. The van der Waals surface area contributed by atoms with Crippen molar-refractivity contribution in [3.8, 4) is 0 Å². The first-order valence-electron chi connectivity index (χ1n) is 6.53. The second-order valence-electron chi connectivity index (χ2n) is 4.95. The fraction of sp³-hybridized carbons (Fsp3) is 0.833. The first kappa shape index (κ1) is 13.3. The Labute approximate surface area is 107 Å². The molecule has 2 rings (SSSR count). The lowest BCUT2D eigenvalue weighted by Gasteiger charge is -2.31. The summed E-state index contributed by atoms with van der Waals surface area (Å²) >= 11 is 0. The van der Waals surface area contributed by atoms with Crippen LogP contribution in [0.2, 0.25) is 0 Å². The summed E-state index contributed by atoms with van der Waals surface area (Å²) in [6, 6.07) is -0.249. The molecular formula is C12H21N3O3. The van der Waals surface area contributed by atoms with Gasteiger partial charge in [-0.3, -0.25) is 9.69 Å². The summed E-state index contributed by atoms with van der Waals surface area (Å²) in [6.45, 7) is 2.61. The van der Waals surface area contributed by atoms with Crippen LogP contribution in [0.5, 0.6) is 0 Å². The Bertz CT molecular complexity index is 327. The minimum Gasteiger partial charge on any atom is -0.385 e. The molecule has 0 bridgehead atoms. The quantitative estimate of drug-likeness (QED) is 0.539. The predicted octanol–water partition coefficient (Wildman–Crippen LogP) is 0.0870. The van der Waals surface area contributed by atoms with Gasteiger partial charge in [0, 0.05) is 26.8 Å². The number of carbonyl (C=O) groups excluding carboxylic acids is 2. The van der Waals surface area contributed by atoms with Gasteiger partial charge in [0.25, 0.3) is 5.91 Å². The number of carbonyl (C=O) groups is 2. The molecule has 0 radical (unpaired) electrons. The number of amides is 3. The minimum absolute atomic E-state index is 0.0721. The van der Waals surface area contributed by atoms with Gasteiger partial charge >= 0.3 is 6.03 Å². The summed E-state index contributed by atoms with van der Waals surface area (Å²) in [5.74, 6) is -0.0721. The standard InChI is InChI=1S/C12H21N3O3/c1-18-8-3-2-7-15-10(16)12(14-11(15)17)5-4-6-13-9-12/h13H,2-9H2,1H3,(H,14,17). The lowest BCUT2D eigenvalue weighted by molar-refractivity contribution is -0.131. The number of hydrogen-bond donors (Lipinski definition) is 2. The van der Waals surface area contributed by atoms with E-state index in [4.69, 9.17) is 4.74 Å². The Hall–Kier alpha value is -1.14. The average Bonchev–Trinajstić information content (AvgIpc) is 2.59. The van der Waals surface area contributed by atoms with Gasteiger partial charge in [0.2, 0.25) is 0 Å². The lowest BCUT2D eigenvalue weighted by atomic mass is 9.90. The minimum atomic E-state index is -0.684. The second-order valence-corrected chi connectivity index (χ2v) is 4.95. The summed E-state index contributed by atoms with van der Waals surface area (Å²) in [4.78, 5) is 25.5. The Kier molecular flexibility index (Phi) is 4.19. The van der Waals surface area contributed by atoms with Crippen molar-refractivity contribution in [1.82, 2.24) is 15.5 Å². The summed E-state index contributed by atoms with van der Waals surface area (Å²) < 4.78 is 4.96. The largest absolute Gasteiger partial charge is 0.385 e. The van der Waals surface area contributed by atoms with E-state index in [1.54, 1.807) is 7.11 Å². The lowest BCUT2D eigenvalue weighted by Crippen LogP contribution is -2.57. The molecule has 0 aromatic carbocycles. The zero-order valence-corrected chi connectivity index (χ0v) is 10.8. The number of methoxy groups -OCH3 is 1. The second kappa shape index (κ2) is 5.67. The normalized spacial score (nSPS) is 27.9. The van der Waals surface area contributed by atoms with Crippen LogP contribution in [-0.2, 0) is 9.53 Å². The van der Waals surface area contributed by atoms with Crippen molar-refractivity contribution < 1.29 is 14.3 Å². The molecule has 2 fully saturated rings. The first-order chi connectivity index (χ1) is 8.69. The number of ether oxygens (including phenoxy) is 1. The average molecular weight is 255 g/mol. The van der Waals surface area contributed by atoms with Crippen molar-refractivity contribution in [2.45, 2.75) is 31.2 Å². The van der Waals surface area contributed by atoms with E-state index in [0.29, 0.717) is 19.7 Å². The van der Waals surface area contributed by atoms with Crippen LogP contribution in [0, 0.1) is 0 Å². The van der Waals surface area contributed by atoms with Gasteiger partial charge in [0.1, 0.15) is 5.54 Å². The molecule has 1 spiro atoms. The Morgan fingerprint density at radius 1 is 1.39 bits per heavy atom. The molecular weight excluding hydrogens is 234 g/mol. The smallest absolute Gasteiger partial charge is 0.325 e.